The Bertz CT molecular complexity index is 245. The van der Waals surface area contributed by atoms with Gasteiger partial charge in [0.2, 0.25) is 0 Å². The van der Waals surface area contributed by atoms with Gasteiger partial charge in [0.05, 0.1) is 12.8 Å². The molecule has 0 aromatic heterocycles. The van der Waals surface area contributed by atoms with Crippen LogP contribution < -0.4 is 0 Å². The molecule has 0 aromatic carbocycles. The molecular weight excluding hydrogens is 239 g/mol. The van der Waals surface area contributed by atoms with E-state index in [9.17, 15) is 19.2 Å². The Labute approximate surface area is 88.0 Å². The van der Waals surface area contributed by atoms with E-state index in [1.54, 1.807) is 0 Å². The molecule has 78 valence electrons. The maximum Gasteiger partial charge on any atom is 0.411 e. The minimum Gasteiger partial charge on any atom is -0.381 e. The van der Waals surface area contributed by atoms with E-state index in [1.807, 2.05) is 0 Å². The van der Waals surface area contributed by atoms with Crippen molar-refractivity contribution in [1.29, 1.82) is 0 Å². The molecule has 14 heavy (non-hydrogen) atoms. The molecule has 0 spiro atoms. The van der Waals surface area contributed by atoms with Crippen molar-refractivity contribution >= 4 is 46.0 Å². The first-order valence-corrected chi connectivity index (χ1v) is 3.97. The van der Waals surface area contributed by atoms with Crippen LogP contribution in [0.1, 0.15) is 12.8 Å². The highest BCUT2D eigenvalue weighted by Gasteiger charge is 2.13. The van der Waals surface area contributed by atoms with Gasteiger partial charge in [-0.15, -0.1) is 0 Å². The molecule has 0 aromatic rings. The SMILES string of the molecule is O=C(Cl)OC(=O)CCC(=O)OC(=O)Cl. The Morgan fingerprint density at radius 1 is 0.786 bits per heavy atom. The number of carbonyl (C=O) groups is 4. The molecule has 0 aliphatic rings. The highest BCUT2D eigenvalue weighted by atomic mass is 35.5. The fourth-order valence-electron chi connectivity index (χ4n) is 0.485. The van der Waals surface area contributed by atoms with Crippen molar-refractivity contribution in [3.8, 4) is 0 Å². The number of carbonyl (C=O) groups excluding carboxylic acids is 4. The summed E-state index contributed by atoms with van der Waals surface area (Å²) in [4.78, 5) is 41.2. The van der Waals surface area contributed by atoms with E-state index in [0.717, 1.165) is 0 Å². The maximum absolute atomic E-state index is 10.6. The second kappa shape index (κ2) is 6.33. The molecular formula is C6H4Cl2O6. The molecule has 0 rings (SSSR count). The first kappa shape index (κ1) is 12.9. The second-order valence-corrected chi connectivity index (χ2v) is 2.54. The van der Waals surface area contributed by atoms with Crippen LogP contribution >= 0.6 is 23.2 Å². The summed E-state index contributed by atoms with van der Waals surface area (Å²) in [5, 5.41) is 0. The van der Waals surface area contributed by atoms with Gasteiger partial charge in [-0.25, -0.2) is 9.59 Å². The quantitative estimate of drug-likeness (QED) is 0.424. The summed E-state index contributed by atoms with van der Waals surface area (Å²) < 4.78 is 7.73. The van der Waals surface area contributed by atoms with Crippen LogP contribution in [0.25, 0.3) is 0 Å². The molecule has 8 heteroatoms. The van der Waals surface area contributed by atoms with Gasteiger partial charge in [0.1, 0.15) is 0 Å². The van der Waals surface area contributed by atoms with Crippen molar-refractivity contribution in [3.63, 3.8) is 0 Å². The molecule has 0 radical (unpaired) electrons. The van der Waals surface area contributed by atoms with Gasteiger partial charge in [-0.05, 0) is 0 Å². The van der Waals surface area contributed by atoms with Crippen molar-refractivity contribution in [3.05, 3.63) is 0 Å². The molecule has 0 N–H and O–H groups in total. The van der Waals surface area contributed by atoms with E-state index in [4.69, 9.17) is 23.2 Å². The topological polar surface area (TPSA) is 86.7 Å². The molecule has 0 aliphatic heterocycles. The minimum absolute atomic E-state index is 0.429. The van der Waals surface area contributed by atoms with E-state index in [1.165, 1.54) is 0 Å². The average Bonchev–Trinajstić information content (AvgIpc) is 1.98. The van der Waals surface area contributed by atoms with Gasteiger partial charge < -0.3 is 9.47 Å². The zero-order valence-electron chi connectivity index (χ0n) is 6.62. The van der Waals surface area contributed by atoms with Gasteiger partial charge in [-0.2, -0.15) is 0 Å². The number of hydrogen-bond acceptors (Lipinski definition) is 6. The third-order valence-corrected chi connectivity index (χ3v) is 1.08. The van der Waals surface area contributed by atoms with Crippen molar-refractivity contribution in [2.24, 2.45) is 0 Å². The Kier molecular flexibility index (Phi) is 5.82. The van der Waals surface area contributed by atoms with Crippen molar-refractivity contribution in [2.75, 3.05) is 0 Å². The van der Waals surface area contributed by atoms with Crippen molar-refractivity contribution in [2.45, 2.75) is 12.8 Å². The molecule has 0 saturated carbocycles. The molecule has 6 nitrogen and oxygen atoms in total. The normalized spacial score (nSPS) is 9.00. The maximum atomic E-state index is 10.6. The number of ether oxygens (including phenoxy) is 2. The average molecular weight is 243 g/mol. The van der Waals surface area contributed by atoms with E-state index >= 15 is 0 Å². The fraction of sp³-hybridized carbons (Fsp3) is 0.333. The summed E-state index contributed by atoms with van der Waals surface area (Å²) >= 11 is 9.40. The van der Waals surface area contributed by atoms with E-state index in [0.29, 0.717) is 0 Å². The highest BCUT2D eigenvalue weighted by molar-refractivity contribution is 6.62. The Morgan fingerprint density at radius 2 is 1.07 bits per heavy atom. The van der Waals surface area contributed by atoms with Crippen molar-refractivity contribution < 1.29 is 28.7 Å². The van der Waals surface area contributed by atoms with E-state index in [2.05, 4.69) is 9.47 Å². The zero-order chi connectivity index (χ0) is 11.1. The standard InChI is InChI=1S/C6H4Cl2O6/c7-5(11)13-3(9)1-2-4(10)14-6(8)12/h1-2H2. The minimum atomic E-state index is -1.29. The molecule has 0 atom stereocenters. The lowest BCUT2D eigenvalue weighted by Crippen LogP contribution is -2.11. The van der Waals surface area contributed by atoms with Crippen LogP contribution in [0.3, 0.4) is 0 Å². The number of rotatable bonds is 3. The molecule has 0 saturated heterocycles. The van der Waals surface area contributed by atoms with E-state index < -0.39 is 35.6 Å². The Morgan fingerprint density at radius 3 is 1.29 bits per heavy atom. The molecule has 0 amide bonds. The third-order valence-electron chi connectivity index (χ3n) is 0.921. The molecule has 0 bridgehead atoms. The first-order valence-electron chi connectivity index (χ1n) is 3.22. The lowest BCUT2D eigenvalue weighted by atomic mass is 10.3. The van der Waals surface area contributed by atoms with Crippen LogP contribution in [0, 0.1) is 0 Å². The van der Waals surface area contributed by atoms with Gasteiger partial charge in [-0.3, -0.25) is 9.59 Å². The van der Waals surface area contributed by atoms with Crippen LogP contribution in [0.2, 0.25) is 0 Å². The summed E-state index contributed by atoms with van der Waals surface area (Å²) in [6.07, 6.45) is -0.858. The van der Waals surface area contributed by atoms with Gasteiger partial charge in [0.15, 0.2) is 0 Å². The molecule has 0 fully saturated rings. The summed E-state index contributed by atoms with van der Waals surface area (Å²) in [5.41, 5.74) is -2.59. The number of hydrogen-bond donors (Lipinski definition) is 0. The van der Waals surface area contributed by atoms with Gasteiger partial charge in [0.25, 0.3) is 0 Å². The predicted molar refractivity (Wildman–Crippen MR) is 43.9 cm³/mol. The highest BCUT2D eigenvalue weighted by Crippen LogP contribution is 1.99. The number of halogens is 2. The van der Waals surface area contributed by atoms with Gasteiger partial charge >= 0.3 is 22.8 Å². The summed E-state index contributed by atoms with van der Waals surface area (Å²) in [6.45, 7) is 0. The second-order valence-electron chi connectivity index (χ2n) is 1.92. The predicted octanol–water partition coefficient (Wildman–Crippen LogP) is 1.57. The largest absolute Gasteiger partial charge is 0.411 e. The van der Waals surface area contributed by atoms with Gasteiger partial charge in [-0.1, -0.05) is 0 Å². The summed E-state index contributed by atoms with van der Waals surface area (Å²) in [6, 6.07) is 0. The smallest absolute Gasteiger partial charge is 0.381 e. The van der Waals surface area contributed by atoms with Crippen LogP contribution in [0.5, 0.6) is 0 Å². The molecule has 0 aliphatic carbocycles. The van der Waals surface area contributed by atoms with E-state index in [-0.39, 0.29) is 0 Å². The Hall–Kier alpha value is -1.14. The third kappa shape index (κ3) is 7.51. The fourth-order valence-corrected chi connectivity index (χ4v) is 0.657. The first-order chi connectivity index (χ1) is 6.41. The van der Waals surface area contributed by atoms with Crippen LogP contribution in [-0.2, 0) is 19.1 Å². The molecule has 0 unspecified atom stereocenters. The lowest BCUT2D eigenvalue weighted by molar-refractivity contribution is -0.143. The lowest BCUT2D eigenvalue weighted by Gasteiger charge is -1.98. The summed E-state index contributed by atoms with van der Waals surface area (Å²) in [5.74, 6) is -1.99. The number of esters is 2. The monoisotopic (exact) mass is 242 g/mol. The van der Waals surface area contributed by atoms with Crippen LogP contribution in [-0.4, -0.2) is 22.8 Å². The van der Waals surface area contributed by atoms with Gasteiger partial charge in [0, 0.05) is 23.2 Å². The zero-order valence-corrected chi connectivity index (χ0v) is 8.13. The summed E-state index contributed by atoms with van der Waals surface area (Å²) in [7, 11) is 0. The Balaban J connectivity index is 3.72. The van der Waals surface area contributed by atoms with Crippen LogP contribution in [0.15, 0.2) is 0 Å². The van der Waals surface area contributed by atoms with Crippen LogP contribution in [0.4, 0.5) is 9.59 Å². The molecule has 0 heterocycles. The van der Waals surface area contributed by atoms with Crippen molar-refractivity contribution in [1.82, 2.24) is 0 Å².